The summed E-state index contributed by atoms with van der Waals surface area (Å²) in [6, 6.07) is 9.84. The van der Waals surface area contributed by atoms with Gasteiger partial charge in [0.1, 0.15) is 0 Å². The van der Waals surface area contributed by atoms with Crippen LogP contribution in [0.2, 0.25) is 0 Å². The standard InChI is InChI=1S/C14H20N2O2/c1-2-14(18)10-16(11-14)9-13(17)15-8-12-6-4-3-5-7-12/h3-7,18H,2,8-11H2,1H3,(H,15,17). The van der Waals surface area contributed by atoms with Gasteiger partial charge in [-0.3, -0.25) is 9.69 Å². The zero-order chi connectivity index (χ0) is 13.0. The van der Waals surface area contributed by atoms with Crippen LogP contribution in [0.3, 0.4) is 0 Å². The average Bonchev–Trinajstić information content (AvgIpc) is 2.35. The predicted molar refractivity (Wildman–Crippen MR) is 70.0 cm³/mol. The van der Waals surface area contributed by atoms with E-state index in [1.165, 1.54) is 0 Å². The second kappa shape index (κ2) is 5.50. The lowest BCUT2D eigenvalue weighted by Gasteiger charge is -2.45. The first-order valence-corrected chi connectivity index (χ1v) is 6.37. The van der Waals surface area contributed by atoms with Crippen LogP contribution in [0.5, 0.6) is 0 Å². The first-order valence-electron chi connectivity index (χ1n) is 6.37. The maximum Gasteiger partial charge on any atom is 0.234 e. The van der Waals surface area contributed by atoms with Crippen LogP contribution in [0.4, 0.5) is 0 Å². The van der Waals surface area contributed by atoms with Crippen LogP contribution in [0.15, 0.2) is 30.3 Å². The second-order valence-electron chi connectivity index (χ2n) is 4.99. The molecule has 0 saturated carbocycles. The third-order valence-electron chi connectivity index (χ3n) is 3.39. The van der Waals surface area contributed by atoms with Crippen molar-refractivity contribution in [3.05, 3.63) is 35.9 Å². The lowest BCUT2D eigenvalue weighted by Crippen LogP contribution is -2.62. The Balaban J connectivity index is 1.68. The van der Waals surface area contributed by atoms with Gasteiger partial charge in [0, 0.05) is 19.6 Å². The fourth-order valence-electron chi connectivity index (χ4n) is 2.18. The summed E-state index contributed by atoms with van der Waals surface area (Å²) in [5.41, 5.74) is 0.527. The van der Waals surface area contributed by atoms with Crippen molar-refractivity contribution in [1.29, 1.82) is 0 Å². The third-order valence-corrected chi connectivity index (χ3v) is 3.39. The zero-order valence-corrected chi connectivity index (χ0v) is 10.7. The Bertz CT molecular complexity index is 400. The molecule has 0 unspecified atom stereocenters. The van der Waals surface area contributed by atoms with Crippen molar-refractivity contribution in [3.8, 4) is 0 Å². The predicted octanol–water partition coefficient (Wildman–Crippen LogP) is 0.759. The van der Waals surface area contributed by atoms with Gasteiger partial charge >= 0.3 is 0 Å². The first kappa shape index (κ1) is 13.1. The van der Waals surface area contributed by atoms with Gasteiger partial charge in [-0.05, 0) is 12.0 Å². The van der Waals surface area contributed by atoms with E-state index < -0.39 is 5.60 Å². The molecule has 0 aromatic heterocycles. The van der Waals surface area contributed by atoms with E-state index in [1.54, 1.807) is 0 Å². The normalized spacial score (nSPS) is 18.1. The van der Waals surface area contributed by atoms with Gasteiger partial charge in [0.2, 0.25) is 5.91 Å². The third kappa shape index (κ3) is 3.31. The molecule has 1 saturated heterocycles. The molecule has 0 radical (unpaired) electrons. The van der Waals surface area contributed by atoms with E-state index in [2.05, 4.69) is 5.32 Å². The fourth-order valence-corrected chi connectivity index (χ4v) is 2.18. The number of nitrogens with zero attached hydrogens (tertiary/aromatic N) is 1. The van der Waals surface area contributed by atoms with E-state index >= 15 is 0 Å². The number of carbonyl (C=O) groups excluding carboxylic acids is 1. The molecule has 0 aliphatic carbocycles. The lowest BCUT2D eigenvalue weighted by atomic mass is 9.91. The summed E-state index contributed by atoms with van der Waals surface area (Å²) in [7, 11) is 0. The highest BCUT2D eigenvalue weighted by Gasteiger charge is 2.39. The molecule has 1 aliphatic heterocycles. The minimum absolute atomic E-state index is 0.0111. The Labute approximate surface area is 108 Å². The summed E-state index contributed by atoms with van der Waals surface area (Å²) < 4.78 is 0. The number of carbonyl (C=O) groups is 1. The van der Waals surface area contributed by atoms with E-state index in [-0.39, 0.29) is 5.91 Å². The van der Waals surface area contributed by atoms with Gasteiger partial charge in [-0.1, -0.05) is 37.3 Å². The molecule has 0 atom stereocenters. The van der Waals surface area contributed by atoms with E-state index in [0.717, 1.165) is 12.0 Å². The van der Waals surface area contributed by atoms with Crippen LogP contribution in [-0.4, -0.2) is 41.1 Å². The lowest BCUT2D eigenvalue weighted by molar-refractivity contribution is -0.133. The second-order valence-corrected chi connectivity index (χ2v) is 4.99. The highest BCUT2D eigenvalue weighted by atomic mass is 16.3. The van der Waals surface area contributed by atoms with E-state index in [9.17, 15) is 9.90 Å². The summed E-state index contributed by atoms with van der Waals surface area (Å²) >= 11 is 0. The summed E-state index contributed by atoms with van der Waals surface area (Å²) in [4.78, 5) is 13.6. The molecule has 4 nitrogen and oxygen atoms in total. The maximum atomic E-state index is 11.7. The van der Waals surface area contributed by atoms with Crippen molar-refractivity contribution in [2.75, 3.05) is 19.6 Å². The molecule has 1 heterocycles. The summed E-state index contributed by atoms with van der Waals surface area (Å²) in [6.45, 7) is 4.10. The van der Waals surface area contributed by atoms with Crippen molar-refractivity contribution in [2.24, 2.45) is 0 Å². The SMILES string of the molecule is CCC1(O)CN(CC(=O)NCc2ccccc2)C1. The monoisotopic (exact) mass is 248 g/mol. The Kier molecular flexibility index (Phi) is 3.99. The maximum absolute atomic E-state index is 11.7. The number of likely N-dealkylation sites (tertiary alicyclic amines) is 1. The van der Waals surface area contributed by atoms with Gasteiger partial charge in [0.15, 0.2) is 0 Å². The molecule has 2 N–H and O–H groups in total. The molecule has 0 spiro atoms. The topological polar surface area (TPSA) is 52.6 Å². The minimum Gasteiger partial charge on any atom is -0.387 e. The largest absolute Gasteiger partial charge is 0.387 e. The van der Waals surface area contributed by atoms with Crippen molar-refractivity contribution >= 4 is 5.91 Å². The van der Waals surface area contributed by atoms with E-state index in [4.69, 9.17) is 0 Å². The molecule has 1 aromatic carbocycles. The van der Waals surface area contributed by atoms with Crippen LogP contribution in [0, 0.1) is 0 Å². The summed E-state index contributed by atoms with van der Waals surface area (Å²) in [6.07, 6.45) is 0.745. The van der Waals surface area contributed by atoms with Crippen molar-refractivity contribution in [1.82, 2.24) is 10.2 Å². The number of amides is 1. The van der Waals surface area contributed by atoms with Crippen molar-refractivity contribution < 1.29 is 9.90 Å². The molecule has 18 heavy (non-hydrogen) atoms. The molecule has 1 aliphatic rings. The molecule has 0 bridgehead atoms. The number of β-amino-alcohol motifs (C(OH)–C–C–N with tert-alkyl or cyclic N) is 1. The number of hydrogen-bond donors (Lipinski definition) is 2. The van der Waals surface area contributed by atoms with Crippen LogP contribution in [0.25, 0.3) is 0 Å². The summed E-state index contributed by atoms with van der Waals surface area (Å²) in [5.74, 6) is 0.0111. The minimum atomic E-state index is -0.570. The number of rotatable bonds is 5. The van der Waals surface area contributed by atoms with Crippen LogP contribution in [0.1, 0.15) is 18.9 Å². The Morgan fingerprint density at radius 3 is 2.67 bits per heavy atom. The van der Waals surface area contributed by atoms with Crippen molar-refractivity contribution in [2.45, 2.75) is 25.5 Å². The first-order chi connectivity index (χ1) is 8.61. The highest BCUT2D eigenvalue weighted by molar-refractivity contribution is 5.78. The smallest absolute Gasteiger partial charge is 0.234 e. The molecular formula is C14H20N2O2. The Morgan fingerprint density at radius 1 is 1.39 bits per heavy atom. The quantitative estimate of drug-likeness (QED) is 0.809. The summed E-state index contributed by atoms with van der Waals surface area (Å²) in [5, 5.41) is 12.7. The molecule has 1 amide bonds. The van der Waals surface area contributed by atoms with E-state index in [1.807, 2.05) is 42.2 Å². The van der Waals surface area contributed by atoms with Gasteiger partial charge in [0.25, 0.3) is 0 Å². The zero-order valence-electron chi connectivity index (χ0n) is 10.7. The molecule has 1 fully saturated rings. The van der Waals surface area contributed by atoms with Gasteiger partial charge in [0.05, 0.1) is 12.1 Å². The molecule has 4 heteroatoms. The van der Waals surface area contributed by atoms with Crippen LogP contribution in [-0.2, 0) is 11.3 Å². The fraction of sp³-hybridized carbons (Fsp3) is 0.500. The van der Waals surface area contributed by atoms with Gasteiger partial charge in [-0.25, -0.2) is 0 Å². The molecule has 1 aromatic rings. The van der Waals surface area contributed by atoms with Gasteiger partial charge in [-0.15, -0.1) is 0 Å². The number of nitrogens with one attached hydrogen (secondary N) is 1. The average molecular weight is 248 g/mol. The van der Waals surface area contributed by atoms with Crippen molar-refractivity contribution in [3.63, 3.8) is 0 Å². The Morgan fingerprint density at radius 2 is 2.06 bits per heavy atom. The highest BCUT2D eigenvalue weighted by Crippen LogP contribution is 2.23. The van der Waals surface area contributed by atoms with Gasteiger partial charge in [-0.2, -0.15) is 0 Å². The molecular weight excluding hydrogens is 228 g/mol. The number of hydrogen-bond acceptors (Lipinski definition) is 3. The van der Waals surface area contributed by atoms with Gasteiger partial charge < -0.3 is 10.4 Å². The van der Waals surface area contributed by atoms with Crippen LogP contribution < -0.4 is 5.32 Å². The van der Waals surface area contributed by atoms with E-state index in [0.29, 0.717) is 26.2 Å². The molecule has 2 rings (SSSR count). The number of aliphatic hydroxyl groups is 1. The molecule has 98 valence electrons. The van der Waals surface area contributed by atoms with Crippen LogP contribution >= 0.6 is 0 Å². The Hall–Kier alpha value is -1.39. The number of benzene rings is 1.